The first kappa shape index (κ1) is 63.8. The Hall–Kier alpha value is -4.54. The van der Waals surface area contributed by atoms with Crippen LogP contribution >= 0.6 is 0 Å². The number of aliphatic hydroxyl groups excluding tert-OH is 5. The van der Waals surface area contributed by atoms with Gasteiger partial charge in [-0.25, -0.2) is 24.0 Å². The molecule has 3 aliphatic rings. The van der Waals surface area contributed by atoms with E-state index in [-0.39, 0.29) is 18.9 Å². The smallest absolute Gasteiger partial charge is 0.408 e. The molecule has 2 saturated heterocycles. The maximum Gasteiger partial charge on any atom is 0.408 e. The number of hydrogen-bond donors (Lipinski definition) is 10. The average Bonchev–Trinajstić information content (AvgIpc) is 3.19. The second kappa shape index (κ2) is 25.5. The number of nitrogens with one attached hydrogen (secondary N) is 5. The van der Waals surface area contributed by atoms with Crippen molar-refractivity contribution in [3.05, 3.63) is 0 Å². The number of ether oxygens (including phenoxy) is 9. The molecule has 428 valence electrons. The van der Waals surface area contributed by atoms with Gasteiger partial charge in [0, 0.05) is 26.6 Å². The summed E-state index contributed by atoms with van der Waals surface area (Å²) in [5, 5.41) is 72.0. The number of carbonyl (C=O) groups excluding carboxylic acids is 6. The van der Waals surface area contributed by atoms with Crippen LogP contribution in [0.5, 0.6) is 0 Å². The van der Waals surface area contributed by atoms with Crippen molar-refractivity contribution in [2.75, 3.05) is 20.1 Å². The zero-order chi connectivity index (χ0) is 56.6. The third-order valence-electron chi connectivity index (χ3n) is 10.9. The fraction of sp³-hybridized carbons (Fsp3) is 0.875. The number of likely N-dealkylation sites (N-methyl/N-ethyl adjacent to an activating group) is 1. The molecule has 0 aromatic rings. The lowest BCUT2D eigenvalue weighted by Gasteiger charge is -2.50. The van der Waals surface area contributed by atoms with E-state index in [1.165, 1.54) is 11.9 Å². The largest absolute Gasteiger partial charge is 0.444 e. The minimum Gasteiger partial charge on any atom is -0.444 e. The number of rotatable bonds is 14. The van der Waals surface area contributed by atoms with E-state index in [0.29, 0.717) is 6.42 Å². The van der Waals surface area contributed by atoms with Crippen molar-refractivity contribution in [3.63, 3.8) is 0 Å². The third-order valence-corrected chi connectivity index (χ3v) is 10.9. The number of amides is 6. The summed E-state index contributed by atoms with van der Waals surface area (Å²) in [6, 6.07) is -6.11. The highest BCUT2D eigenvalue weighted by Gasteiger charge is 2.55. The van der Waals surface area contributed by atoms with Crippen LogP contribution in [0.4, 0.5) is 24.0 Å². The van der Waals surface area contributed by atoms with Gasteiger partial charge in [0.05, 0.1) is 18.1 Å². The van der Waals surface area contributed by atoms with Crippen molar-refractivity contribution in [2.24, 2.45) is 0 Å². The van der Waals surface area contributed by atoms with E-state index in [1.54, 1.807) is 111 Å². The summed E-state index contributed by atoms with van der Waals surface area (Å²) >= 11 is 0. The van der Waals surface area contributed by atoms with Crippen LogP contribution < -0.4 is 26.6 Å². The number of carbonyl (C=O) groups is 6. The molecule has 0 bridgehead atoms. The van der Waals surface area contributed by atoms with Gasteiger partial charge in [0.1, 0.15) is 89.0 Å². The molecule has 2 aliphatic heterocycles. The maximum atomic E-state index is 13.6. The van der Waals surface area contributed by atoms with Gasteiger partial charge in [0.25, 0.3) is 0 Å². The topological polar surface area (TPSA) is 350 Å². The quantitative estimate of drug-likeness (QED) is 0.111. The molecule has 15 atom stereocenters. The van der Waals surface area contributed by atoms with E-state index in [9.17, 15) is 54.3 Å². The second-order valence-electron chi connectivity index (χ2n) is 23.7. The summed E-state index contributed by atoms with van der Waals surface area (Å²) < 4.78 is 52.6. The van der Waals surface area contributed by atoms with Gasteiger partial charge in [0.15, 0.2) is 12.6 Å². The summed E-state index contributed by atoms with van der Waals surface area (Å²) in [6.45, 7) is 25.0. The Bertz CT molecular complexity index is 1890. The Morgan fingerprint density at radius 2 is 0.892 bits per heavy atom. The van der Waals surface area contributed by atoms with E-state index >= 15 is 0 Å². The number of alkyl carbamates (subject to hydrolysis) is 5. The Morgan fingerprint density at radius 1 is 0.500 bits per heavy atom. The maximum absolute atomic E-state index is 13.6. The molecular weight excluding hydrogens is 981 g/mol. The summed E-state index contributed by atoms with van der Waals surface area (Å²) in [5.41, 5.74) is -5.14. The molecule has 1 aliphatic carbocycles. The van der Waals surface area contributed by atoms with Crippen LogP contribution in [0.3, 0.4) is 0 Å². The first-order chi connectivity index (χ1) is 33.7. The SMILES string of the molecule is CCCC(=O)N(C)CC1OC(OC2C(NC(=O)OC(C)(C)C)CC(NC(=O)OC(C)(C)C)C(OC3OC(CNC(=O)OC(C)(C)C)C(O)C(O)C3NC(=O)OC(C)(C)C)C2O)C(O)C(NC(=O)OC(C)(C)C)C1O. The van der Waals surface area contributed by atoms with Crippen LogP contribution in [0.15, 0.2) is 0 Å². The third kappa shape index (κ3) is 20.5. The van der Waals surface area contributed by atoms with Crippen LogP contribution in [-0.4, -0.2) is 207 Å². The van der Waals surface area contributed by atoms with Crippen LogP contribution in [-0.2, 0) is 47.4 Å². The summed E-state index contributed by atoms with van der Waals surface area (Å²) in [6.07, 6.45) is -24.5. The Morgan fingerprint density at radius 3 is 1.32 bits per heavy atom. The molecular formula is C48H86N6O20. The van der Waals surface area contributed by atoms with Crippen molar-refractivity contribution < 1.29 is 96.9 Å². The van der Waals surface area contributed by atoms with E-state index in [1.807, 2.05) is 0 Å². The van der Waals surface area contributed by atoms with Gasteiger partial charge in [-0.15, -0.1) is 0 Å². The molecule has 0 aromatic carbocycles. The summed E-state index contributed by atoms with van der Waals surface area (Å²) in [4.78, 5) is 80.8. The van der Waals surface area contributed by atoms with Crippen molar-refractivity contribution in [3.8, 4) is 0 Å². The molecule has 10 N–H and O–H groups in total. The molecule has 2 heterocycles. The van der Waals surface area contributed by atoms with Gasteiger partial charge in [-0.1, -0.05) is 6.92 Å². The number of nitrogens with zero attached hydrogens (tertiary/aromatic N) is 1. The molecule has 0 aromatic heterocycles. The fourth-order valence-corrected chi connectivity index (χ4v) is 7.97. The van der Waals surface area contributed by atoms with Gasteiger partial charge in [-0.2, -0.15) is 0 Å². The molecule has 26 heteroatoms. The van der Waals surface area contributed by atoms with Crippen molar-refractivity contribution in [1.82, 2.24) is 31.5 Å². The van der Waals surface area contributed by atoms with Gasteiger partial charge in [0.2, 0.25) is 5.91 Å². The Balaban J connectivity index is 2.24. The van der Waals surface area contributed by atoms with E-state index in [4.69, 9.17) is 42.6 Å². The van der Waals surface area contributed by atoms with Crippen LogP contribution in [0.25, 0.3) is 0 Å². The zero-order valence-electron chi connectivity index (χ0n) is 46.0. The monoisotopic (exact) mass is 1070 g/mol. The van der Waals surface area contributed by atoms with Crippen LogP contribution in [0.1, 0.15) is 130 Å². The van der Waals surface area contributed by atoms with Crippen molar-refractivity contribution in [1.29, 1.82) is 0 Å². The highest BCUT2D eigenvalue weighted by molar-refractivity contribution is 5.76. The molecule has 6 amide bonds. The standard InChI is InChI=1S/C48H86N6O20/c1-18-19-27(55)54(17)22-26-30(56)28(52-42(64)73-47(11,12)13)33(59)38(67-26)69-36-24(51-41(63)72-46(8,9)10)20-23(50-40(62)71-45(5,6)7)35(34(36)60)68-37-29(53-43(65)74-48(14,15)16)32(58)31(57)25(66-37)21-49-39(61)70-44(2,3)4/h23-26,28-38,56-60H,18-22H2,1-17H3,(H,49,61)(H,50,62)(H,51,63)(H,52,64)(H,53,65). The summed E-state index contributed by atoms with van der Waals surface area (Å²) in [7, 11) is 1.46. The van der Waals surface area contributed by atoms with Gasteiger partial charge in [-0.3, -0.25) is 4.79 Å². The molecule has 3 fully saturated rings. The van der Waals surface area contributed by atoms with Gasteiger partial charge >= 0.3 is 30.5 Å². The minimum atomic E-state index is -2.07. The molecule has 0 spiro atoms. The van der Waals surface area contributed by atoms with Crippen molar-refractivity contribution >= 4 is 36.4 Å². The lowest BCUT2D eigenvalue weighted by molar-refractivity contribution is -0.321. The Kier molecular flexibility index (Phi) is 22.0. The lowest BCUT2D eigenvalue weighted by Crippen LogP contribution is -2.71. The highest BCUT2D eigenvalue weighted by atomic mass is 16.7. The zero-order valence-corrected chi connectivity index (χ0v) is 46.0. The normalized spacial score (nSPS) is 30.9. The molecule has 74 heavy (non-hydrogen) atoms. The predicted molar refractivity (Wildman–Crippen MR) is 261 cm³/mol. The van der Waals surface area contributed by atoms with Gasteiger partial charge in [-0.05, 0) is 117 Å². The molecule has 26 nitrogen and oxygen atoms in total. The predicted octanol–water partition coefficient (Wildman–Crippen LogP) is 1.77. The molecule has 0 radical (unpaired) electrons. The highest BCUT2D eigenvalue weighted by Crippen LogP contribution is 2.34. The van der Waals surface area contributed by atoms with Crippen molar-refractivity contribution in [2.45, 2.75) is 250 Å². The first-order valence-electron chi connectivity index (χ1n) is 24.9. The second-order valence-corrected chi connectivity index (χ2v) is 23.7. The Labute approximate surface area is 433 Å². The van der Waals surface area contributed by atoms with Crippen LogP contribution in [0.2, 0.25) is 0 Å². The lowest BCUT2D eigenvalue weighted by atomic mass is 9.83. The molecule has 1 saturated carbocycles. The van der Waals surface area contributed by atoms with E-state index < -0.39 is 163 Å². The molecule has 3 rings (SSSR count). The van der Waals surface area contributed by atoms with Gasteiger partial charge < -0.3 is 99.6 Å². The minimum absolute atomic E-state index is 0.142. The summed E-state index contributed by atoms with van der Waals surface area (Å²) in [5.74, 6) is -0.318. The fourth-order valence-electron chi connectivity index (χ4n) is 7.97. The number of hydrogen-bond acceptors (Lipinski definition) is 20. The molecule has 15 unspecified atom stereocenters. The average molecular weight is 1070 g/mol. The van der Waals surface area contributed by atoms with E-state index in [2.05, 4.69) is 26.6 Å². The number of aliphatic hydroxyl groups is 5. The first-order valence-corrected chi connectivity index (χ1v) is 24.9. The van der Waals surface area contributed by atoms with Crippen LogP contribution in [0, 0.1) is 0 Å². The van der Waals surface area contributed by atoms with E-state index in [0.717, 1.165) is 0 Å².